The summed E-state index contributed by atoms with van der Waals surface area (Å²) in [5, 5.41) is 3.32. The number of ether oxygens (including phenoxy) is 1. The third-order valence-corrected chi connectivity index (χ3v) is 3.19. The number of rotatable bonds is 6. The summed E-state index contributed by atoms with van der Waals surface area (Å²) in [6.07, 6.45) is 4.48. The molecule has 0 aliphatic heterocycles. The molecule has 1 aromatic carbocycles. The molecule has 0 aliphatic rings. The highest BCUT2D eigenvalue weighted by atomic mass is 16.5. The molecule has 0 bridgehead atoms. The van der Waals surface area contributed by atoms with E-state index in [9.17, 15) is 4.79 Å². The number of pyridine rings is 1. The fraction of sp³-hybridized carbons (Fsp3) is 0.294. The number of benzene rings is 1. The molecule has 0 saturated heterocycles. The van der Waals surface area contributed by atoms with Crippen molar-refractivity contribution in [3.8, 4) is 0 Å². The fourth-order valence-electron chi connectivity index (χ4n) is 1.88. The smallest absolute Gasteiger partial charge is 0.338 e. The van der Waals surface area contributed by atoms with Crippen LogP contribution in [0.25, 0.3) is 0 Å². The second kappa shape index (κ2) is 7.43. The lowest BCUT2D eigenvalue weighted by atomic mass is 10.1. The minimum Gasteiger partial charge on any atom is -0.462 e. The van der Waals surface area contributed by atoms with Crippen molar-refractivity contribution >= 4 is 11.7 Å². The highest BCUT2D eigenvalue weighted by molar-refractivity contribution is 5.89. The van der Waals surface area contributed by atoms with Gasteiger partial charge in [-0.1, -0.05) is 6.92 Å². The number of nitrogens with one attached hydrogen (secondary N) is 1. The van der Waals surface area contributed by atoms with Crippen molar-refractivity contribution in [3.05, 3.63) is 59.4 Å². The summed E-state index contributed by atoms with van der Waals surface area (Å²) in [4.78, 5) is 15.8. The maximum absolute atomic E-state index is 11.7. The van der Waals surface area contributed by atoms with Gasteiger partial charge in [-0.05, 0) is 54.8 Å². The summed E-state index contributed by atoms with van der Waals surface area (Å²) in [5.41, 5.74) is 3.90. The van der Waals surface area contributed by atoms with Crippen LogP contribution in [0.2, 0.25) is 0 Å². The number of esters is 1. The molecule has 21 heavy (non-hydrogen) atoms. The molecule has 0 saturated carbocycles. The molecule has 2 rings (SSSR count). The van der Waals surface area contributed by atoms with Crippen LogP contribution in [-0.4, -0.2) is 17.6 Å². The molecule has 1 heterocycles. The molecule has 110 valence electrons. The van der Waals surface area contributed by atoms with Crippen LogP contribution in [0.5, 0.6) is 0 Å². The van der Waals surface area contributed by atoms with Gasteiger partial charge in [0.2, 0.25) is 0 Å². The minimum absolute atomic E-state index is 0.272. The largest absolute Gasteiger partial charge is 0.462 e. The zero-order valence-electron chi connectivity index (χ0n) is 12.4. The van der Waals surface area contributed by atoms with E-state index in [0.29, 0.717) is 18.7 Å². The second-order valence-corrected chi connectivity index (χ2v) is 4.87. The average molecular weight is 284 g/mol. The van der Waals surface area contributed by atoms with E-state index in [4.69, 9.17) is 4.74 Å². The highest BCUT2D eigenvalue weighted by Gasteiger charge is 2.06. The first-order valence-corrected chi connectivity index (χ1v) is 7.11. The summed E-state index contributed by atoms with van der Waals surface area (Å²) in [6, 6.07) is 9.30. The van der Waals surface area contributed by atoms with Gasteiger partial charge in [-0.2, -0.15) is 0 Å². The number of hydrogen-bond donors (Lipinski definition) is 1. The number of aromatic nitrogens is 1. The van der Waals surface area contributed by atoms with Crippen molar-refractivity contribution in [2.45, 2.75) is 26.8 Å². The molecule has 0 radical (unpaired) electrons. The lowest BCUT2D eigenvalue weighted by molar-refractivity contribution is 0.0505. The van der Waals surface area contributed by atoms with Crippen molar-refractivity contribution in [1.29, 1.82) is 0 Å². The molecule has 2 aromatic rings. The molecule has 1 aromatic heterocycles. The van der Waals surface area contributed by atoms with Crippen LogP contribution in [0.4, 0.5) is 5.69 Å². The van der Waals surface area contributed by atoms with Crippen LogP contribution >= 0.6 is 0 Å². The summed E-state index contributed by atoms with van der Waals surface area (Å²) in [6.45, 7) is 5.20. The van der Waals surface area contributed by atoms with Crippen LogP contribution in [0.15, 0.2) is 42.7 Å². The van der Waals surface area contributed by atoms with Gasteiger partial charge in [0.15, 0.2) is 0 Å². The predicted octanol–water partition coefficient (Wildman–Crippen LogP) is 3.57. The van der Waals surface area contributed by atoms with Crippen molar-refractivity contribution in [2.75, 3.05) is 11.9 Å². The Labute approximate surface area is 125 Å². The van der Waals surface area contributed by atoms with Crippen LogP contribution in [0, 0.1) is 6.92 Å². The van der Waals surface area contributed by atoms with Gasteiger partial charge in [0.1, 0.15) is 0 Å². The van der Waals surface area contributed by atoms with Crippen molar-refractivity contribution < 1.29 is 9.53 Å². The number of aryl methyl sites for hydroxylation is 1. The van der Waals surface area contributed by atoms with E-state index in [0.717, 1.165) is 17.7 Å². The maximum Gasteiger partial charge on any atom is 0.338 e. The number of hydrogen-bond acceptors (Lipinski definition) is 4. The molecule has 0 fully saturated rings. The van der Waals surface area contributed by atoms with Gasteiger partial charge in [0, 0.05) is 24.6 Å². The van der Waals surface area contributed by atoms with Crippen molar-refractivity contribution in [2.24, 2.45) is 0 Å². The number of carbonyl (C=O) groups is 1. The summed E-state index contributed by atoms with van der Waals surface area (Å²) < 4.78 is 5.09. The molecule has 0 spiro atoms. The van der Waals surface area contributed by atoms with E-state index in [-0.39, 0.29) is 5.97 Å². The van der Waals surface area contributed by atoms with Gasteiger partial charge >= 0.3 is 5.97 Å². The third-order valence-electron chi connectivity index (χ3n) is 3.19. The molecule has 0 unspecified atom stereocenters. The maximum atomic E-state index is 11.7. The van der Waals surface area contributed by atoms with E-state index in [1.165, 1.54) is 5.56 Å². The van der Waals surface area contributed by atoms with E-state index in [2.05, 4.69) is 17.2 Å². The van der Waals surface area contributed by atoms with Gasteiger partial charge in [-0.25, -0.2) is 4.79 Å². The first-order valence-electron chi connectivity index (χ1n) is 7.11. The molecule has 0 amide bonds. The molecule has 0 aliphatic carbocycles. The normalized spacial score (nSPS) is 10.2. The quantitative estimate of drug-likeness (QED) is 0.824. The molecule has 1 N–H and O–H groups in total. The predicted molar refractivity (Wildman–Crippen MR) is 83.3 cm³/mol. The van der Waals surface area contributed by atoms with E-state index in [1.807, 2.05) is 31.3 Å². The van der Waals surface area contributed by atoms with Gasteiger partial charge in [0.25, 0.3) is 0 Å². The van der Waals surface area contributed by atoms with Crippen LogP contribution in [0.1, 0.15) is 34.8 Å². The summed E-state index contributed by atoms with van der Waals surface area (Å²) in [7, 11) is 0. The van der Waals surface area contributed by atoms with Gasteiger partial charge in [0.05, 0.1) is 12.2 Å². The monoisotopic (exact) mass is 284 g/mol. The lowest BCUT2D eigenvalue weighted by Crippen LogP contribution is -2.06. The molecular formula is C17H20N2O2. The standard InChI is InChI=1S/C17H20N2O2/c1-3-10-21-17(20)14-4-6-16(7-5-14)19-12-15-11-18-9-8-13(15)2/h4-9,11,19H,3,10,12H2,1-2H3. The van der Waals surface area contributed by atoms with Crippen LogP contribution in [0.3, 0.4) is 0 Å². The Morgan fingerprint density at radius 1 is 1.24 bits per heavy atom. The molecule has 4 heteroatoms. The summed E-state index contributed by atoms with van der Waals surface area (Å²) in [5.74, 6) is -0.272. The Morgan fingerprint density at radius 3 is 2.67 bits per heavy atom. The molecule has 4 nitrogen and oxygen atoms in total. The number of nitrogens with zero attached hydrogens (tertiary/aromatic N) is 1. The van der Waals surface area contributed by atoms with E-state index < -0.39 is 0 Å². The number of anilines is 1. The highest BCUT2D eigenvalue weighted by Crippen LogP contribution is 2.13. The Balaban J connectivity index is 1.93. The fourth-order valence-corrected chi connectivity index (χ4v) is 1.88. The Hall–Kier alpha value is -2.36. The Bertz CT molecular complexity index is 594. The first kappa shape index (κ1) is 15.0. The SMILES string of the molecule is CCCOC(=O)c1ccc(NCc2cnccc2C)cc1. The third kappa shape index (κ3) is 4.31. The topological polar surface area (TPSA) is 51.2 Å². The average Bonchev–Trinajstić information content (AvgIpc) is 2.52. The van der Waals surface area contributed by atoms with Crippen molar-refractivity contribution in [3.63, 3.8) is 0 Å². The van der Waals surface area contributed by atoms with Gasteiger partial charge in [-0.15, -0.1) is 0 Å². The number of carbonyl (C=O) groups excluding carboxylic acids is 1. The first-order chi connectivity index (χ1) is 10.2. The van der Waals surface area contributed by atoms with Crippen LogP contribution in [-0.2, 0) is 11.3 Å². The van der Waals surface area contributed by atoms with Gasteiger partial charge < -0.3 is 10.1 Å². The van der Waals surface area contributed by atoms with E-state index in [1.54, 1.807) is 18.3 Å². The molecular weight excluding hydrogens is 264 g/mol. The van der Waals surface area contributed by atoms with Crippen molar-refractivity contribution in [1.82, 2.24) is 4.98 Å². The van der Waals surface area contributed by atoms with Gasteiger partial charge in [-0.3, -0.25) is 4.98 Å². The Kier molecular flexibility index (Phi) is 5.32. The molecule has 0 atom stereocenters. The minimum atomic E-state index is -0.272. The van der Waals surface area contributed by atoms with Crippen LogP contribution < -0.4 is 5.32 Å². The zero-order chi connectivity index (χ0) is 15.1. The Morgan fingerprint density at radius 2 is 2.00 bits per heavy atom. The lowest BCUT2D eigenvalue weighted by Gasteiger charge is -2.09. The second-order valence-electron chi connectivity index (χ2n) is 4.87. The van der Waals surface area contributed by atoms with E-state index >= 15 is 0 Å². The summed E-state index contributed by atoms with van der Waals surface area (Å²) >= 11 is 0. The zero-order valence-corrected chi connectivity index (χ0v) is 12.4.